The van der Waals surface area contributed by atoms with Crippen LogP contribution in [0, 0.1) is 15.5 Å². The molecule has 1 N–H and O–H groups in total. The van der Waals surface area contributed by atoms with Crippen molar-refractivity contribution in [2.75, 3.05) is 31.1 Å². The van der Waals surface area contributed by atoms with Gasteiger partial charge in [-0.2, -0.15) is 8.78 Å². The second-order valence-electron chi connectivity index (χ2n) is 7.04. The van der Waals surface area contributed by atoms with Gasteiger partial charge in [-0.25, -0.2) is 4.79 Å². The maximum Gasteiger partial charge on any atom is 0.407 e. The summed E-state index contributed by atoms with van der Waals surface area (Å²) in [5, 5.41) is 20.1. The Labute approximate surface area is 154 Å². The third kappa shape index (κ3) is 4.20. The number of alkyl halides is 2. The van der Waals surface area contributed by atoms with Gasteiger partial charge in [-0.1, -0.05) is 0 Å². The first kappa shape index (κ1) is 19.1. The lowest BCUT2D eigenvalue weighted by Crippen LogP contribution is -2.48. The number of hydrogen-bond acceptors (Lipinski definition) is 5. The molecule has 3 rings (SSSR count). The van der Waals surface area contributed by atoms with Crippen LogP contribution in [0.4, 0.5) is 25.0 Å². The summed E-state index contributed by atoms with van der Waals surface area (Å²) in [5.74, 6) is -0.442. The predicted octanol–water partition coefficient (Wildman–Crippen LogP) is 3.56. The van der Waals surface area contributed by atoms with E-state index in [1.807, 2.05) is 4.90 Å². The van der Waals surface area contributed by atoms with Crippen molar-refractivity contribution >= 4 is 17.5 Å². The monoisotopic (exact) mass is 385 g/mol. The molecule has 2 fully saturated rings. The predicted molar refractivity (Wildman–Crippen MR) is 92.4 cm³/mol. The van der Waals surface area contributed by atoms with Crippen molar-refractivity contribution in [3.8, 4) is 5.75 Å². The first-order valence-corrected chi connectivity index (χ1v) is 8.76. The van der Waals surface area contributed by atoms with Crippen LogP contribution >= 0.6 is 0 Å². The van der Waals surface area contributed by atoms with Crippen molar-refractivity contribution in [2.45, 2.75) is 32.3 Å². The second-order valence-corrected chi connectivity index (χ2v) is 7.04. The van der Waals surface area contributed by atoms with E-state index in [0.29, 0.717) is 31.9 Å². The minimum atomic E-state index is -3.14. The third-order valence-corrected chi connectivity index (χ3v) is 5.64. The van der Waals surface area contributed by atoms with E-state index in [-0.39, 0.29) is 5.41 Å². The number of piperidine rings is 2. The number of ether oxygens (including phenoxy) is 1. The van der Waals surface area contributed by atoms with Crippen molar-refractivity contribution in [3.63, 3.8) is 0 Å². The molecular formula is C17H21F2N3O5. The fourth-order valence-corrected chi connectivity index (χ4v) is 3.95. The number of rotatable bonds is 4. The highest BCUT2D eigenvalue weighted by Gasteiger charge is 2.38. The average molecular weight is 385 g/mol. The molecular weight excluding hydrogens is 364 g/mol. The van der Waals surface area contributed by atoms with Gasteiger partial charge in [0, 0.05) is 44.0 Å². The van der Waals surface area contributed by atoms with Gasteiger partial charge in [-0.15, -0.1) is 0 Å². The van der Waals surface area contributed by atoms with Gasteiger partial charge in [0.1, 0.15) is 0 Å². The zero-order valence-corrected chi connectivity index (χ0v) is 14.6. The quantitative estimate of drug-likeness (QED) is 0.629. The number of carboxylic acid groups (broad SMARTS) is 1. The number of carbonyl (C=O) groups is 1. The topological polar surface area (TPSA) is 96.2 Å². The lowest BCUT2D eigenvalue weighted by molar-refractivity contribution is -0.386. The number of nitro benzene ring substituents is 1. The molecule has 2 heterocycles. The number of halogens is 2. The van der Waals surface area contributed by atoms with Crippen LogP contribution in [-0.2, 0) is 0 Å². The van der Waals surface area contributed by atoms with E-state index in [1.165, 1.54) is 17.0 Å². The number of anilines is 1. The Morgan fingerprint density at radius 3 is 2.30 bits per heavy atom. The van der Waals surface area contributed by atoms with E-state index in [4.69, 9.17) is 5.11 Å². The standard InChI is InChI=1S/C17H21F2N3O5/c18-15(19)27-14-11-12(1-2-13(14)22(25)26)20-7-3-17(4-8-20)5-9-21(10-6-17)16(23)24/h1-2,11,15H,3-10H2,(H,23,24). The molecule has 1 aromatic rings. The largest absolute Gasteiger partial charge is 0.465 e. The maximum atomic E-state index is 12.6. The Kier molecular flexibility index (Phi) is 5.33. The summed E-state index contributed by atoms with van der Waals surface area (Å²) in [6, 6.07) is 4.01. The lowest BCUT2D eigenvalue weighted by Gasteiger charge is -2.46. The highest BCUT2D eigenvalue weighted by Crippen LogP contribution is 2.43. The molecule has 2 aliphatic rings. The number of hydrogen-bond donors (Lipinski definition) is 1. The fraction of sp³-hybridized carbons (Fsp3) is 0.588. The van der Waals surface area contributed by atoms with Gasteiger partial charge >= 0.3 is 18.4 Å². The van der Waals surface area contributed by atoms with E-state index in [9.17, 15) is 23.7 Å². The molecule has 27 heavy (non-hydrogen) atoms. The Morgan fingerprint density at radius 2 is 1.78 bits per heavy atom. The molecule has 2 aliphatic heterocycles. The summed E-state index contributed by atoms with van der Waals surface area (Å²) in [4.78, 5) is 24.7. The maximum absolute atomic E-state index is 12.6. The Morgan fingerprint density at radius 1 is 1.19 bits per heavy atom. The SMILES string of the molecule is O=C(O)N1CCC2(CC1)CCN(c1ccc([N+](=O)[O-])c(OC(F)F)c1)CC2. The minimum Gasteiger partial charge on any atom is -0.465 e. The van der Waals surface area contributed by atoms with Gasteiger partial charge in [0.05, 0.1) is 4.92 Å². The first-order valence-electron chi connectivity index (χ1n) is 8.76. The average Bonchev–Trinajstić information content (AvgIpc) is 2.62. The molecule has 8 nitrogen and oxygen atoms in total. The van der Waals surface area contributed by atoms with Crippen molar-refractivity contribution in [1.82, 2.24) is 4.90 Å². The summed E-state index contributed by atoms with van der Waals surface area (Å²) < 4.78 is 29.4. The Balaban J connectivity index is 1.67. The normalized spacial score (nSPS) is 19.4. The molecule has 1 aromatic carbocycles. The summed E-state index contributed by atoms with van der Waals surface area (Å²) in [7, 11) is 0. The molecule has 0 unspecified atom stereocenters. The number of nitrogens with zero attached hydrogens (tertiary/aromatic N) is 3. The minimum absolute atomic E-state index is 0.103. The molecule has 10 heteroatoms. The molecule has 1 spiro atoms. The summed E-state index contributed by atoms with van der Waals surface area (Å²) in [6.45, 7) is -0.723. The summed E-state index contributed by atoms with van der Waals surface area (Å²) in [5.41, 5.74) is 0.216. The number of benzene rings is 1. The van der Waals surface area contributed by atoms with E-state index in [2.05, 4.69) is 4.74 Å². The van der Waals surface area contributed by atoms with Gasteiger partial charge in [0.25, 0.3) is 0 Å². The van der Waals surface area contributed by atoms with Crippen molar-refractivity contribution in [1.29, 1.82) is 0 Å². The zero-order chi connectivity index (χ0) is 19.6. The first-order chi connectivity index (χ1) is 12.8. The van der Waals surface area contributed by atoms with Gasteiger partial charge in [0.15, 0.2) is 0 Å². The fourth-order valence-electron chi connectivity index (χ4n) is 3.95. The van der Waals surface area contributed by atoms with E-state index in [0.717, 1.165) is 25.7 Å². The number of likely N-dealkylation sites (tertiary alicyclic amines) is 1. The lowest BCUT2D eigenvalue weighted by atomic mass is 9.71. The van der Waals surface area contributed by atoms with Crippen LogP contribution < -0.4 is 9.64 Å². The second kappa shape index (κ2) is 7.53. The van der Waals surface area contributed by atoms with E-state index >= 15 is 0 Å². The van der Waals surface area contributed by atoms with E-state index < -0.39 is 29.1 Å². The van der Waals surface area contributed by atoms with Gasteiger partial charge < -0.3 is 19.6 Å². The van der Waals surface area contributed by atoms with Crippen LogP contribution in [0.25, 0.3) is 0 Å². The molecule has 0 aliphatic carbocycles. The van der Waals surface area contributed by atoms with Crippen LogP contribution in [0.1, 0.15) is 25.7 Å². The van der Waals surface area contributed by atoms with Crippen LogP contribution in [0.15, 0.2) is 18.2 Å². The molecule has 148 valence electrons. The molecule has 0 atom stereocenters. The van der Waals surface area contributed by atoms with Gasteiger partial charge in [-0.05, 0) is 37.2 Å². The van der Waals surface area contributed by atoms with Crippen molar-refractivity contribution in [2.24, 2.45) is 5.41 Å². The molecule has 0 saturated carbocycles. The number of nitro groups is 1. The van der Waals surface area contributed by atoms with Crippen LogP contribution in [0.3, 0.4) is 0 Å². The van der Waals surface area contributed by atoms with Gasteiger partial charge in [-0.3, -0.25) is 10.1 Å². The molecule has 2 saturated heterocycles. The molecule has 1 amide bonds. The zero-order valence-electron chi connectivity index (χ0n) is 14.6. The van der Waals surface area contributed by atoms with Gasteiger partial charge in [0.2, 0.25) is 5.75 Å². The van der Waals surface area contributed by atoms with Crippen LogP contribution in [-0.4, -0.2) is 53.8 Å². The molecule has 0 aromatic heterocycles. The van der Waals surface area contributed by atoms with E-state index in [1.54, 1.807) is 6.07 Å². The smallest absolute Gasteiger partial charge is 0.407 e. The molecule has 0 radical (unpaired) electrons. The Hall–Kier alpha value is -2.65. The highest BCUT2D eigenvalue weighted by atomic mass is 19.3. The molecule has 0 bridgehead atoms. The Bertz CT molecular complexity index is 713. The third-order valence-electron chi connectivity index (χ3n) is 5.64. The highest BCUT2D eigenvalue weighted by molar-refractivity contribution is 5.65. The van der Waals surface area contributed by atoms with Crippen molar-refractivity contribution in [3.05, 3.63) is 28.3 Å². The van der Waals surface area contributed by atoms with Crippen LogP contribution in [0.2, 0.25) is 0 Å². The van der Waals surface area contributed by atoms with Crippen LogP contribution in [0.5, 0.6) is 5.75 Å². The van der Waals surface area contributed by atoms with Crippen molar-refractivity contribution < 1.29 is 28.3 Å². The number of amides is 1. The summed E-state index contributed by atoms with van der Waals surface area (Å²) in [6.07, 6.45) is 2.46. The summed E-state index contributed by atoms with van der Waals surface area (Å²) >= 11 is 0.